The Kier molecular flexibility index (Phi) is 5.36. The number of amides is 2. The van der Waals surface area contributed by atoms with Crippen LogP contribution in [0.15, 0.2) is 24.3 Å². The fourth-order valence-electron chi connectivity index (χ4n) is 2.61. The maximum absolute atomic E-state index is 13.2. The summed E-state index contributed by atoms with van der Waals surface area (Å²) in [7, 11) is 0. The highest BCUT2D eigenvalue weighted by atomic mass is 19.1. The van der Waals surface area contributed by atoms with Gasteiger partial charge in [-0.3, -0.25) is 9.59 Å². The van der Waals surface area contributed by atoms with E-state index in [0.29, 0.717) is 18.8 Å². The second-order valence-electron chi connectivity index (χ2n) is 6.32. The lowest BCUT2D eigenvalue weighted by molar-refractivity contribution is -0.147. The van der Waals surface area contributed by atoms with E-state index in [0.717, 1.165) is 19.6 Å². The molecule has 1 heterocycles. The average molecular weight is 321 g/mol. The van der Waals surface area contributed by atoms with Crippen LogP contribution in [0.2, 0.25) is 0 Å². The number of halogens is 1. The zero-order chi connectivity index (χ0) is 17.0. The molecule has 126 valence electrons. The number of likely N-dealkylation sites (N-methyl/N-ethyl adjacent to an activating group) is 1. The summed E-state index contributed by atoms with van der Waals surface area (Å²) in [5.41, 5.74) is -0.840. The molecule has 0 unspecified atom stereocenters. The molecule has 1 aliphatic heterocycles. The summed E-state index contributed by atoms with van der Waals surface area (Å²) in [4.78, 5) is 29.1. The molecule has 0 aliphatic carbocycles. The topological polar surface area (TPSA) is 52.7 Å². The Morgan fingerprint density at radius 1 is 1.22 bits per heavy atom. The van der Waals surface area contributed by atoms with Crippen LogP contribution in [-0.4, -0.2) is 54.3 Å². The first-order valence-corrected chi connectivity index (χ1v) is 7.93. The van der Waals surface area contributed by atoms with Crippen molar-refractivity contribution in [3.63, 3.8) is 0 Å². The Hall–Kier alpha value is -1.95. The molecule has 0 saturated carbocycles. The number of benzene rings is 1. The van der Waals surface area contributed by atoms with Crippen LogP contribution in [0.3, 0.4) is 0 Å². The highest BCUT2D eigenvalue weighted by Crippen LogP contribution is 2.23. The van der Waals surface area contributed by atoms with E-state index in [4.69, 9.17) is 0 Å². The number of nitrogens with zero attached hydrogens (tertiary/aromatic N) is 2. The molecule has 0 atom stereocenters. The first kappa shape index (κ1) is 17.4. The van der Waals surface area contributed by atoms with Gasteiger partial charge in [0.1, 0.15) is 11.2 Å². The Labute approximate surface area is 136 Å². The number of anilines is 1. The van der Waals surface area contributed by atoms with Gasteiger partial charge in [0.2, 0.25) is 11.8 Å². The number of hydrogen-bond donors (Lipinski definition) is 1. The van der Waals surface area contributed by atoms with Gasteiger partial charge in [-0.05, 0) is 38.6 Å². The maximum atomic E-state index is 13.2. The molecule has 1 aromatic rings. The van der Waals surface area contributed by atoms with Gasteiger partial charge in [-0.1, -0.05) is 13.0 Å². The SMILES string of the molecule is CCN1CCN(C(=O)C(C)(C)C(=O)Nc2cccc(F)c2)CC1. The van der Waals surface area contributed by atoms with Gasteiger partial charge >= 0.3 is 0 Å². The lowest BCUT2D eigenvalue weighted by Gasteiger charge is -2.37. The van der Waals surface area contributed by atoms with E-state index >= 15 is 0 Å². The zero-order valence-corrected chi connectivity index (χ0v) is 13.9. The van der Waals surface area contributed by atoms with E-state index in [2.05, 4.69) is 17.1 Å². The second-order valence-corrected chi connectivity index (χ2v) is 6.32. The molecule has 1 aromatic carbocycles. The lowest BCUT2D eigenvalue weighted by atomic mass is 9.89. The van der Waals surface area contributed by atoms with Crippen LogP contribution < -0.4 is 5.32 Å². The molecule has 1 N–H and O–H groups in total. The molecule has 1 saturated heterocycles. The van der Waals surface area contributed by atoms with Crippen LogP contribution in [0.1, 0.15) is 20.8 Å². The molecule has 6 heteroatoms. The maximum Gasteiger partial charge on any atom is 0.239 e. The second kappa shape index (κ2) is 7.08. The van der Waals surface area contributed by atoms with Crippen molar-refractivity contribution in [2.75, 3.05) is 38.0 Å². The predicted molar refractivity (Wildman–Crippen MR) is 87.5 cm³/mol. The molecule has 23 heavy (non-hydrogen) atoms. The van der Waals surface area contributed by atoms with Gasteiger partial charge in [-0.2, -0.15) is 0 Å². The van der Waals surface area contributed by atoms with Gasteiger partial charge < -0.3 is 15.1 Å². The Morgan fingerprint density at radius 2 is 1.87 bits per heavy atom. The van der Waals surface area contributed by atoms with Crippen molar-refractivity contribution < 1.29 is 14.0 Å². The molecule has 0 radical (unpaired) electrons. The molecule has 0 aromatic heterocycles. The summed E-state index contributed by atoms with van der Waals surface area (Å²) < 4.78 is 13.2. The zero-order valence-electron chi connectivity index (χ0n) is 13.9. The molecular weight excluding hydrogens is 297 g/mol. The number of hydrogen-bond acceptors (Lipinski definition) is 3. The molecule has 1 aliphatic rings. The standard InChI is InChI=1S/C17H24FN3O2/c1-4-20-8-10-21(11-9-20)16(23)17(2,3)15(22)19-14-7-5-6-13(18)12-14/h5-7,12H,4,8-11H2,1-3H3,(H,19,22). The summed E-state index contributed by atoms with van der Waals surface area (Å²) in [5, 5.41) is 2.63. The van der Waals surface area contributed by atoms with E-state index < -0.39 is 17.1 Å². The first-order chi connectivity index (χ1) is 10.8. The number of rotatable bonds is 4. The Morgan fingerprint density at radius 3 is 2.43 bits per heavy atom. The van der Waals surface area contributed by atoms with Gasteiger partial charge in [-0.15, -0.1) is 0 Å². The minimum absolute atomic E-state index is 0.192. The monoisotopic (exact) mass is 321 g/mol. The van der Waals surface area contributed by atoms with E-state index in [-0.39, 0.29) is 5.91 Å². The number of carbonyl (C=O) groups excluding carboxylic acids is 2. The fraction of sp³-hybridized carbons (Fsp3) is 0.529. The Balaban J connectivity index is 2.02. The van der Waals surface area contributed by atoms with Gasteiger partial charge in [-0.25, -0.2) is 4.39 Å². The quantitative estimate of drug-likeness (QED) is 0.863. The van der Waals surface area contributed by atoms with Crippen molar-refractivity contribution >= 4 is 17.5 Å². The number of nitrogens with one attached hydrogen (secondary N) is 1. The summed E-state index contributed by atoms with van der Waals surface area (Å²) in [6, 6.07) is 5.66. The minimum atomic E-state index is -1.19. The fourth-order valence-corrected chi connectivity index (χ4v) is 2.61. The molecule has 5 nitrogen and oxygen atoms in total. The van der Waals surface area contributed by atoms with Crippen LogP contribution in [0.25, 0.3) is 0 Å². The minimum Gasteiger partial charge on any atom is -0.339 e. The third-order valence-electron chi connectivity index (χ3n) is 4.29. The molecule has 1 fully saturated rings. The van der Waals surface area contributed by atoms with Gasteiger partial charge in [0.15, 0.2) is 0 Å². The van der Waals surface area contributed by atoms with Crippen LogP contribution in [-0.2, 0) is 9.59 Å². The van der Waals surface area contributed by atoms with Crippen LogP contribution in [0.5, 0.6) is 0 Å². The van der Waals surface area contributed by atoms with Crippen molar-refractivity contribution in [2.45, 2.75) is 20.8 Å². The summed E-state index contributed by atoms with van der Waals surface area (Å²) in [6.07, 6.45) is 0. The average Bonchev–Trinajstić information content (AvgIpc) is 2.54. The molecule has 0 spiro atoms. The molecular formula is C17H24FN3O2. The van der Waals surface area contributed by atoms with Crippen molar-refractivity contribution in [3.8, 4) is 0 Å². The first-order valence-electron chi connectivity index (χ1n) is 7.93. The van der Waals surface area contributed by atoms with Crippen LogP contribution in [0, 0.1) is 11.2 Å². The van der Waals surface area contributed by atoms with E-state index in [1.165, 1.54) is 18.2 Å². The largest absolute Gasteiger partial charge is 0.339 e. The van der Waals surface area contributed by atoms with Crippen LogP contribution in [0.4, 0.5) is 10.1 Å². The van der Waals surface area contributed by atoms with Gasteiger partial charge in [0, 0.05) is 31.9 Å². The summed E-state index contributed by atoms with van der Waals surface area (Å²) in [5.74, 6) is -1.05. The van der Waals surface area contributed by atoms with Crippen LogP contribution >= 0.6 is 0 Å². The predicted octanol–water partition coefficient (Wildman–Crippen LogP) is 1.95. The van der Waals surface area contributed by atoms with Crippen molar-refractivity contribution in [3.05, 3.63) is 30.1 Å². The summed E-state index contributed by atoms with van der Waals surface area (Å²) >= 11 is 0. The molecule has 2 amide bonds. The lowest BCUT2D eigenvalue weighted by Crippen LogP contribution is -2.54. The number of piperazine rings is 1. The van der Waals surface area contributed by atoms with Crippen molar-refractivity contribution in [1.82, 2.24) is 9.80 Å². The van der Waals surface area contributed by atoms with Crippen molar-refractivity contribution in [1.29, 1.82) is 0 Å². The van der Waals surface area contributed by atoms with Gasteiger partial charge in [0.05, 0.1) is 0 Å². The number of carbonyl (C=O) groups is 2. The Bertz CT molecular complexity index is 581. The van der Waals surface area contributed by atoms with Gasteiger partial charge in [0.25, 0.3) is 0 Å². The van der Waals surface area contributed by atoms with Crippen molar-refractivity contribution in [2.24, 2.45) is 5.41 Å². The van der Waals surface area contributed by atoms with E-state index in [1.54, 1.807) is 24.8 Å². The van der Waals surface area contributed by atoms with E-state index in [9.17, 15) is 14.0 Å². The highest BCUT2D eigenvalue weighted by Gasteiger charge is 2.40. The smallest absolute Gasteiger partial charge is 0.239 e. The van der Waals surface area contributed by atoms with E-state index in [1.807, 2.05) is 0 Å². The third-order valence-corrected chi connectivity index (χ3v) is 4.29. The summed E-state index contributed by atoms with van der Waals surface area (Å²) in [6.45, 7) is 9.17. The highest BCUT2D eigenvalue weighted by molar-refractivity contribution is 6.09. The molecule has 2 rings (SSSR count). The third kappa shape index (κ3) is 4.07. The molecule has 0 bridgehead atoms. The normalized spacial score (nSPS) is 16.3.